The monoisotopic (exact) mass is 265 g/mol. The molecule has 96 valence electrons. The van der Waals surface area contributed by atoms with Crippen molar-refractivity contribution in [2.24, 2.45) is 0 Å². The van der Waals surface area contributed by atoms with Gasteiger partial charge in [0, 0.05) is 16.7 Å². The minimum Gasteiger partial charge on any atom is -0.478 e. The molecular formula is C15H7NO4. The van der Waals surface area contributed by atoms with Crippen molar-refractivity contribution in [2.75, 3.05) is 0 Å². The van der Waals surface area contributed by atoms with Crippen LogP contribution in [0.25, 0.3) is 22.2 Å². The Morgan fingerprint density at radius 2 is 1.80 bits per heavy atom. The number of hydrogen-bond acceptors (Lipinski definition) is 4. The Morgan fingerprint density at radius 1 is 1.05 bits per heavy atom. The molecule has 0 saturated heterocycles. The van der Waals surface area contributed by atoms with Crippen LogP contribution < -0.4 is 0 Å². The van der Waals surface area contributed by atoms with Crippen molar-refractivity contribution in [2.45, 2.75) is 0 Å². The van der Waals surface area contributed by atoms with Gasteiger partial charge in [0.1, 0.15) is 5.52 Å². The quantitative estimate of drug-likeness (QED) is 0.572. The summed E-state index contributed by atoms with van der Waals surface area (Å²) in [4.78, 5) is 23.7. The largest absolute Gasteiger partial charge is 0.478 e. The van der Waals surface area contributed by atoms with Crippen LogP contribution in [0.1, 0.15) is 26.3 Å². The number of fused-ring (bicyclic) bond motifs is 2. The molecule has 2 aromatic carbocycles. The third-order valence-corrected chi connectivity index (χ3v) is 3.52. The number of ketones is 1. The van der Waals surface area contributed by atoms with Crippen LogP contribution in [0, 0.1) is 0 Å². The fourth-order valence-corrected chi connectivity index (χ4v) is 2.62. The fraction of sp³-hybridized carbons (Fsp3) is 0. The topological polar surface area (TPSA) is 80.4 Å². The van der Waals surface area contributed by atoms with Gasteiger partial charge in [-0.2, -0.15) is 0 Å². The molecule has 5 heteroatoms. The van der Waals surface area contributed by atoms with Gasteiger partial charge in [0.25, 0.3) is 0 Å². The predicted octanol–water partition coefficient (Wildman–Crippen LogP) is 2.74. The molecule has 0 fully saturated rings. The van der Waals surface area contributed by atoms with Crippen molar-refractivity contribution in [3.63, 3.8) is 0 Å². The van der Waals surface area contributed by atoms with Crippen LogP contribution in [0.3, 0.4) is 0 Å². The molecule has 20 heavy (non-hydrogen) atoms. The summed E-state index contributed by atoms with van der Waals surface area (Å²) in [6.07, 6.45) is 0. The summed E-state index contributed by atoms with van der Waals surface area (Å²) in [6.45, 7) is 0. The number of nitrogens with zero attached hydrogens (tertiary/aromatic N) is 1. The van der Waals surface area contributed by atoms with Gasteiger partial charge in [0.2, 0.25) is 0 Å². The lowest BCUT2D eigenvalue weighted by molar-refractivity contribution is 0.0698. The van der Waals surface area contributed by atoms with Crippen molar-refractivity contribution in [3.8, 4) is 11.3 Å². The van der Waals surface area contributed by atoms with Crippen molar-refractivity contribution >= 4 is 22.7 Å². The number of carbonyl (C=O) groups excluding carboxylic acids is 1. The molecule has 0 unspecified atom stereocenters. The molecule has 5 nitrogen and oxygen atoms in total. The molecule has 0 aliphatic heterocycles. The molecule has 1 N–H and O–H groups in total. The molecular weight excluding hydrogens is 258 g/mol. The average molecular weight is 265 g/mol. The van der Waals surface area contributed by atoms with Crippen LogP contribution in [0.5, 0.6) is 0 Å². The summed E-state index contributed by atoms with van der Waals surface area (Å²) < 4.78 is 5.30. The fourth-order valence-electron chi connectivity index (χ4n) is 2.62. The Balaban J connectivity index is 2.20. The van der Waals surface area contributed by atoms with E-state index in [2.05, 4.69) is 5.16 Å². The standard InChI is InChI=1S/C15H7NO4/c17-13-7-3-1-2-4-8(7)14-11-9(13)5-6-10(15(18)19)12(11)16-20-14/h1-6H,(H,18,19). The zero-order valence-electron chi connectivity index (χ0n) is 10.1. The molecule has 0 bridgehead atoms. The van der Waals surface area contributed by atoms with Gasteiger partial charge in [-0.3, -0.25) is 4.79 Å². The maximum absolute atomic E-state index is 12.5. The van der Waals surface area contributed by atoms with Crippen molar-refractivity contribution in [1.82, 2.24) is 5.16 Å². The van der Waals surface area contributed by atoms with Crippen LogP contribution in [0.2, 0.25) is 0 Å². The highest BCUT2D eigenvalue weighted by atomic mass is 16.5. The second-order valence-electron chi connectivity index (χ2n) is 4.58. The van der Waals surface area contributed by atoms with Crippen LogP contribution in [-0.4, -0.2) is 22.0 Å². The zero-order chi connectivity index (χ0) is 13.9. The number of rotatable bonds is 1. The lowest BCUT2D eigenvalue weighted by Gasteiger charge is -2.13. The molecule has 1 aromatic heterocycles. The normalized spacial score (nSPS) is 12.5. The summed E-state index contributed by atoms with van der Waals surface area (Å²) in [6, 6.07) is 9.97. The Bertz CT molecular complexity index is 907. The Labute approximate surface area is 112 Å². The van der Waals surface area contributed by atoms with Crippen LogP contribution >= 0.6 is 0 Å². The highest BCUT2D eigenvalue weighted by molar-refractivity contribution is 6.26. The molecule has 4 rings (SSSR count). The second-order valence-corrected chi connectivity index (χ2v) is 4.58. The Hall–Kier alpha value is -2.95. The second kappa shape index (κ2) is 3.54. The van der Waals surface area contributed by atoms with E-state index in [4.69, 9.17) is 9.63 Å². The van der Waals surface area contributed by atoms with Gasteiger partial charge in [-0.1, -0.05) is 29.4 Å². The molecule has 0 spiro atoms. The van der Waals surface area contributed by atoms with Crippen molar-refractivity contribution in [3.05, 3.63) is 53.1 Å². The molecule has 1 aliphatic carbocycles. The maximum Gasteiger partial charge on any atom is 0.338 e. The first kappa shape index (κ1) is 10.9. The summed E-state index contributed by atoms with van der Waals surface area (Å²) >= 11 is 0. The van der Waals surface area contributed by atoms with Crippen molar-refractivity contribution < 1.29 is 19.2 Å². The Kier molecular flexibility index (Phi) is 1.93. The SMILES string of the molecule is O=C(O)c1ccc2c3c(onc13)-c1ccccc1C2=O. The molecule has 0 amide bonds. The summed E-state index contributed by atoms with van der Waals surface area (Å²) in [5, 5.41) is 13.5. The van der Waals surface area contributed by atoms with Gasteiger partial charge < -0.3 is 9.63 Å². The van der Waals surface area contributed by atoms with E-state index >= 15 is 0 Å². The number of carboxylic acids is 1. The smallest absolute Gasteiger partial charge is 0.338 e. The average Bonchev–Trinajstić information content (AvgIpc) is 2.89. The number of hydrogen-bond donors (Lipinski definition) is 1. The van der Waals surface area contributed by atoms with Gasteiger partial charge >= 0.3 is 5.97 Å². The van der Waals surface area contributed by atoms with E-state index in [0.717, 1.165) is 0 Å². The molecule has 0 radical (unpaired) electrons. The van der Waals surface area contributed by atoms with Crippen LogP contribution in [-0.2, 0) is 0 Å². The van der Waals surface area contributed by atoms with Gasteiger partial charge in [-0.15, -0.1) is 0 Å². The van der Waals surface area contributed by atoms with Crippen LogP contribution in [0.4, 0.5) is 0 Å². The van der Waals surface area contributed by atoms with Crippen LogP contribution in [0.15, 0.2) is 40.9 Å². The molecule has 0 atom stereocenters. The highest BCUT2D eigenvalue weighted by Gasteiger charge is 2.30. The first-order chi connectivity index (χ1) is 9.68. The van der Waals surface area contributed by atoms with E-state index in [1.807, 2.05) is 0 Å². The first-order valence-corrected chi connectivity index (χ1v) is 5.98. The minimum absolute atomic E-state index is 0.0333. The van der Waals surface area contributed by atoms with Gasteiger partial charge in [-0.25, -0.2) is 4.79 Å². The highest BCUT2D eigenvalue weighted by Crippen LogP contribution is 2.40. The zero-order valence-corrected chi connectivity index (χ0v) is 10.1. The minimum atomic E-state index is -1.09. The van der Waals surface area contributed by atoms with E-state index in [1.54, 1.807) is 24.3 Å². The first-order valence-electron chi connectivity index (χ1n) is 5.98. The number of carbonyl (C=O) groups is 2. The maximum atomic E-state index is 12.5. The van der Waals surface area contributed by atoms with E-state index in [9.17, 15) is 9.59 Å². The number of benzene rings is 2. The molecule has 3 aromatic rings. The number of aromatic nitrogens is 1. The number of aromatic carboxylic acids is 1. The van der Waals surface area contributed by atoms with Crippen molar-refractivity contribution in [1.29, 1.82) is 0 Å². The molecule has 1 aliphatic rings. The third kappa shape index (κ3) is 1.19. The number of carboxylic acid groups (broad SMARTS) is 1. The van der Waals surface area contributed by atoms with E-state index in [-0.39, 0.29) is 16.9 Å². The lowest BCUT2D eigenvalue weighted by atomic mass is 9.87. The van der Waals surface area contributed by atoms with E-state index in [0.29, 0.717) is 27.8 Å². The van der Waals surface area contributed by atoms with Gasteiger partial charge in [0.15, 0.2) is 11.5 Å². The Morgan fingerprint density at radius 3 is 2.55 bits per heavy atom. The lowest BCUT2D eigenvalue weighted by Crippen LogP contribution is -2.09. The molecule has 0 saturated carbocycles. The van der Waals surface area contributed by atoms with Gasteiger partial charge in [0.05, 0.1) is 10.9 Å². The van der Waals surface area contributed by atoms with E-state index < -0.39 is 5.97 Å². The summed E-state index contributed by atoms with van der Waals surface area (Å²) in [5.74, 6) is -0.783. The summed E-state index contributed by atoms with van der Waals surface area (Å²) in [5.41, 5.74) is 1.87. The van der Waals surface area contributed by atoms with Gasteiger partial charge in [-0.05, 0) is 12.1 Å². The third-order valence-electron chi connectivity index (χ3n) is 3.52. The summed E-state index contributed by atoms with van der Waals surface area (Å²) in [7, 11) is 0. The van der Waals surface area contributed by atoms with E-state index in [1.165, 1.54) is 12.1 Å². The molecule has 1 heterocycles. The predicted molar refractivity (Wildman–Crippen MR) is 69.8 cm³/mol.